The van der Waals surface area contributed by atoms with Crippen molar-refractivity contribution in [3.63, 3.8) is 0 Å². The summed E-state index contributed by atoms with van der Waals surface area (Å²) in [4.78, 5) is 39.9. The molecule has 0 bridgehead atoms. The Hall–Kier alpha value is -2.77. The molecule has 2 aliphatic rings. The fraction of sp³-hybridized carbons (Fsp3) is 0.743. The highest BCUT2D eigenvalue weighted by Gasteiger charge is 2.41. The lowest BCUT2D eigenvalue weighted by atomic mass is 9.88. The van der Waals surface area contributed by atoms with E-state index in [0.717, 1.165) is 0 Å². The number of nitrogens with zero attached hydrogens (tertiary/aromatic N) is 1. The third kappa shape index (κ3) is 13.7. The largest absolute Gasteiger partial charge is 0.457 e. The average Bonchev–Trinajstić information content (AvgIpc) is 2.99. The molecule has 0 aromatic carbocycles. The van der Waals surface area contributed by atoms with Gasteiger partial charge >= 0.3 is 18.0 Å². The topological polar surface area (TPSA) is 164 Å². The number of hydrogen-bond acceptors (Lipinski definition) is 11. The van der Waals surface area contributed by atoms with E-state index in [2.05, 4.69) is 5.32 Å². The van der Waals surface area contributed by atoms with Crippen molar-refractivity contribution in [2.75, 3.05) is 26.2 Å². The first kappa shape index (κ1) is 40.4. The molecule has 0 aromatic rings. The monoisotopic (exact) mass is 666 g/mol. The van der Waals surface area contributed by atoms with Gasteiger partial charge in [0, 0.05) is 45.4 Å². The molecule has 2 aliphatic heterocycles. The minimum atomic E-state index is -1.32. The van der Waals surface area contributed by atoms with Crippen LogP contribution in [0.3, 0.4) is 0 Å². The number of esters is 2. The highest BCUT2D eigenvalue weighted by Crippen LogP contribution is 2.31. The molecule has 2 rings (SSSR count). The van der Waals surface area contributed by atoms with E-state index < -0.39 is 59.6 Å². The Morgan fingerprint density at radius 1 is 1.23 bits per heavy atom. The Balaban J connectivity index is 2.31. The van der Waals surface area contributed by atoms with Crippen LogP contribution in [0.25, 0.3) is 0 Å². The minimum absolute atomic E-state index is 0.0945. The predicted molar refractivity (Wildman–Crippen MR) is 177 cm³/mol. The molecule has 1 fully saturated rings. The number of nitrogens with one attached hydrogen (secondary N) is 1. The molecule has 0 aliphatic carbocycles. The number of carbonyl (C=O) groups excluding carboxylic acids is 3. The Morgan fingerprint density at radius 3 is 2.51 bits per heavy atom. The number of allylic oxidation sites excluding steroid dienone is 2. The van der Waals surface area contributed by atoms with Gasteiger partial charge in [-0.1, -0.05) is 38.2 Å². The summed E-state index contributed by atoms with van der Waals surface area (Å²) >= 11 is 0. The fourth-order valence-corrected chi connectivity index (χ4v) is 5.83. The van der Waals surface area contributed by atoms with Crippen LogP contribution in [0.1, 0.15) is 87.5 Å². The maximum Gasteiger partial charge on any atom is 0.410 e. The Kier molecular flexibility index (Phi) is 16.1. The molecule has 9 atom stereocenters. The number of rotatable bonds is 11. The number of aliphatic hydroxyl groups excluding tert-OH is 2. The molecule has 268 valence electrons. The van der Waals surface area contributed by atoms with Crippen molar-refractivity contribution in [1.82, 2.24) is 10.2 Å². The maximum atomic E-state index is 13.2. The molecule has 1 amide bonds. The van der Waals surface area contributed by atoms with E-state index >= 15 is 0 Å². The van der Waals surface area contributed by atoms with Gasteiger partial charge in [-0.3, -0.25) is 9.59 Å². The molecule has 47 heavy (non-hydrogen) atoms. The summed E-state index contributed by atoms with van der Waals surface area (Å²) in [7, 11) is 0. The number of aliphatic hydroxyl groups is 3. The van der Waals surface area contributed by atoms with Crippen LogP contribution in [0, 0.1) is 5.92 Å². The summed E-state index contributed by atoms with van der Waals surface area (Å²) in [5, 5.41) is 35.0. The van der Waals surface area contributed by atoms with Crippen LogP contribution >= 0.6 is 0 Å². The zero-order valence-corrected chi connectivity index (χ0v) is 29.4. The van der Waals surface area contributed by atoms with Crippen molar-refractivity contribution in [3.05, 3.63) is 36.0 Å². The van der Waals surface area contributed by atoms with Crippen molar-refractivity contribution >= 4 is 18.0 Å². The highest BCUT2D eigenvalue weighted by molar-refractivity contribution is 5.71. The van der Waals surface area contributed by atoms with Crippen molar-refractivity contribution in [2.45, 2.75) is 135 Å². The van der Waals surface area contributed by atoms with Crippen LogP contribution in [-0.4, -0.2) is 112 Å². The first-order chi connectivity index (χ1) is 22.0. The third-order valence-electron chi connectivity index (χ3n) is 8.66. The molecular formula is C35H58N2O10. The quantitative estimate of drug-likeness (QED) is 0.110. The Labute approximate surface area is 280 Å². The van der Waals surface area contributed by atoms with Crippen molar-refractivity contribution in [1.29, 1.82) is 0 Å². The molecule has 12 nitrogen and oxygen atoms in total. The van der Waals surface area contributed by atoms with Crippen LogP contribution < -0.4 is 5.32 Å². The molecule has 12 heteroatoms. The Morgan fingerprint density at radius 2 is 1.89 bits per heavy atom. The van der Waals surface area contributed by atoms with Crippen LogP contribution in [0.15, 0.2) is 36.0 Å². The summed E-state index contributed by atoms with van der Waals surface area (Å²) in [6.45, 7) is 16.0. The van der Waals surface area contributed by atoms with Gasteiger partial charge in [-0.05, 0) is 65.5 Å². The second-order valence-corrected chi connectivity index (χ2v) is 13.5. The number of ether oxygens (including phenoxy) is 4. The van der Waals surface area contributed by atoms with E-state index in [-0.39, 0.29) is 31.5 Å². The minimum Gasteiger partial charge on any atom is -0.457 e. The molecule has 4 N–H and O–H groups in total. The van der Waals surface area contributed by atoms with Gasteiger partial charge in [0.15, 0.2) is 11.7 Å². The van der Waals surface area contributed by atoms with Gasteiger partial charge < -0.3 is 44.5 Å². The van der Waals surface area contributed by atoms with Crippen LogP contribution in [0.4, 0.5) is 4.79 Å². The van der Waals surface area contributed by atoms with E-state index in [1.54, 1.807) is 63.0 Å². The summed E-state index contributed by atoms with van der Waals surface area (Å²) < 4.78 is 23.4. The molecule has 0 aromatic heterocycles. The van der Waals surface area contributed by atoms with Gasteiger partial charge in [0.25, 0.3) is 0 Å². The number of piperazine rings is 1. The van der Waals surface area contributed by atoms with Gasteiger partial charge in [0.2, 0.25) is 0 Å². The first-order valence-corrected chi connectivity index (χ1v) is 16.8. The van der Waals surface area contributed by atoms with Gasteiger partial charge in [-0.25, -0.2) is 4.79 Å². The van der Waals surface area contributed by atoms with Gasteiger partial charge in [-0.15, -0.1) is 0 Å². The summed E-state index contributed by atoms with van der Waals surface area (Å²) in [6.07, 6.45) is 4.71. The molecule has 0 radical (unpaired) electrons. The summed E-state index contributed by atoms with van der Waals surface area (Å²) in [5.74, 6) is -1.56. The maximum absolute atomic E-state index is 13.2. The average molecular weight is 667 g/mol. The predicted octanol–water partition coefficient (Wildman–Crippen LogP) is 3.58. The van der Waals surface area contributed by atoms with Crippen LogP contribution in [0.2, 0.25) is 0 Å². The van der Waals surface area contributed by atoms with Crippen LogP contribution in [-0.2, 0) is 28.5 Å². The molecule has 2 heterocycles. The molecule has 1 saturated heterocycles. The zero-order valence-electron chi connectivity index (χ0n) is 29.4. The first-order valence-electron chi connectivity index (χ1n) is 16.8. The summed E-state index contributed by atoms with van der Waals surface area (Å²) in [6, 6.07) is 0. The van der Waals surface area contributed by atoms with Crippen molar-refractivity contribution in [3.8, 4) is 0 Å². The van der Waals surface area contributed by atoms with E-state index in [9.17, 15) is 29.7 Å². The molecule has 2 unspecified atom stereocenters. The van der Waals surface area contributed by atoms with Gasteiger partial charge in [-0.2, -0.15) is 0 Å². The molecule has 0 spiro atoms. The number of carbonyl (C=O) groups is 3. The lowest BCUT2D eigenvalue weighted by Crippen LogP contribution is -2.52. The van der Waals surface area contributed by atoms with E-state index in [1.165, 1.54) is 6.92 Å². The van der Waals surface area contributed by atoms with E-state index in [4.69, 9.17) is 18.9 Å². The van der Waals surface area contributed by atoms with E-state index in [1.807, 2.05) is 20.8 Å². The van der Waals surface area contributed by atoms with Crippen LogP contribution in [0.5, 0.6) is 0 Å². The number of amides is 1. The van der Waals surface area contributed by atoms with Gasteiger partial charge in [0.05, 0.1) is 36.4 Å². The van der Waals surface area contributed by atoms with E-state index in [0.29, 0.717) is 44.6 Å². The number of hydrogen-bond donors (Lipinski definition) is 4. The lowest BCUT2D eigenvalue weighted by Gasteiger charge is -2.38. The van der Waals surface area contributed by atoms with Crippen molar-refractivity contribution < 1.29 is 48.7 Å². The smallest absolute Gasteiger partial charge is 0.410 e. The number of cyclic esters (lactones) is 1. The second-order valence-electron chi connectivity index (χ2n) is 13.5. The molecular weight excluding hydrogens is 608 g/mol. The third-order valence-corrected chi connectivity index (χ3v) is 8.66. The normalized spacial score (nSPS) is 30.6. The summed E-state index contributed by atoms with van der Waals surface area (Å²) in [5.41, 5.74) is -1.86. The fourth-order valence-electron chi connectivity index (χ4n) is 5.83. The van der Waals surface area contributed by atoms with Crippen molar-refractivity contribution in [2.24, 2.45) is 5.92 Å². The standard InChI is InChI=1S/C35H58N2O10/c1-9-29(40)26(5)44-25(4)22-34(7,43)15-10-11-23(2)32-24(3)12-13-30(45-27(6)38)35(8,16-14-28(39)21-31(41)46-32)47-33(42)37-19-17-36-18-20-37/h10-13,15,24-26,28-30,32,36,39-40,43H,9,14,16-22H2,1-8H3/b13-12+,15-10+,23-11+/t24-,25-,26?,28+,29-,30-,32+,34?,35+/m0/s1. The van der Waals surface area contributed by atoms with Gasteiger partial charge in [0.1, 0.15) is 6.10 Å². The highest BCUT2D eigenvalue weighted by atomic mass is 16.6. The lowest BCUT2D eigenvalue weighted by molar-refractivity contribution is -0.158. The second kappa shape index (κ2) is 18.7. The zero-order chi connectivity index (χ0) is 35.4. The Bertz CT molecular complexity index is 1120. The molecule has 0 saturated carbocycles. The SMILES string of the molecule is CC[C@H](O)C(C)O[C@@H](C)CC(C)(O)/C=C/C=C(\C)[C@H]1OC(=O)C[C@H](O)CC[C@@](C)(OC(=O)N2CCNCC2)[C@@H](OC(C)=O)/C=C/[C@@H]1C.